The zero-order valence-corrected chi connectivity index (χ0v) is 7.11. The number of hydrogen-bond acceptors (Lipinski definition) is 2. The molecule has 0 atom stereocenters. The van der Waals surface area contributed by atoms with Crippen molar-refractivity contribution in [2.45, 2.75) is 13.3 Å². The van der Waals surface area contributed by atoms with Gasteiger partial charge in [-0.3, -0.25) is 0 Å². The second kappa shape index (κ2) is 3.12. The van der Waals surface area contributed by atoms with Gasteiger partial charge in [-0.1, -0.05) is 11.3 Å². The van der Waals surface area contributed by atoms with Crippen LogP contribution in [0.1, 0.15) is 10.7 Å². The van der Waals surface area contributed by atoms with Gasteiger partial charge >= 0.3 is 0 Å². The summed E-state index contributed by atoms with van der Waals surface area (Å²) in [7, 11) is 2.02. The Balaban J connectivity index is 2.83. The number of aliphatic hydroxyl groups is 1. The molecule has 0 amide bonds. The Labute approximate surface area is 64.8 Å². The second-order valence-corrected chi connectivity index (χ2v) is 3.25. The number of aliphatic hydroxyl groups excluding tert-OH is 1. The number of hydrogen-bond donors (Lipinski definition) is 1. The predicted octanol–water partition coefficient (Wildman–Crippen LogP) is 0.416. The maximum absolute atomic E-state index is 8.65. The monoisotopic (exact) mass is 158 g/mol. The van der Waals surface area contributed by atoms with Crippen molar-refractivity contribution in [2.24, 2.45) is 7.05 Å². The first-order valence-corrected chi connectivity index (χ1v) is 4.17. The minimum atomic E-state index is 0.244. The molecule has 0 saturated carbocycles. The highest BCUT2D eigenvalue weighted by Gasteiger charge is 2.10. The molecule has 2 nitrogen and oxygen atoms in total. The first kappa shape index (κ1) is 7.69. The summed E-state index contributed by atoms with van der Waals surface area (Å²) in [5.41, 5.74) is 1.26. The van der Waals surface area contributed by atoms with E-state index >= 15 is 0 Å². The van der Waals surface area contributed by atoms with E-state index in [9.17, 15) is 0 Å². The van der Waals surface area contributed by atoms with Crippen LogP contribution in [-0.2, 0) is 13.5 Å². The minimum absolute atomic E-state index is 0.244. The fraction of sp³-hybridized carbons (Fsp3) is 0.571. The molecule has 1 rings (SSSR count). The predicted molar refractivity (Wildman–Crippen MR) is 41.0 cm³/mol. The molecule has 1 heterocycles. The summed E-state index contributed by atoms with van der Waals surface area (Å²) in [6, 6.07) is 0. The lowest BCUT2D eigenvalue weighted by Crippen LogP contribution is -2.33. The third-order valence-corrected chi connectivity index (χ3v) is 2.80. The van der Waals surface area contributed by atoms with E-state index in [-0.39, 0.29) is 6.61 Å². The third kappa shape index (κ3) is 1.36. The minimum Gasteiger partial charge on any atom is -0.396 e. The van der Waals surface area contributed by atoms with Crippen LogP contribution in [0.2, 0.25) is 0 Å². The van der Waals surface area contributed by atoms with E-state index in [4.69, 9.17) is 5.11 Å². The van der Waals surface area contributed by atoms with Crippen LogP contribution in [0.4, 0.5) is 0 Å². The molecule has 0 radical (unpaired) electrons. The van der Waals surface area contributed by atoms with E-state index in [2.05, 4.69) is 16.9 Å². The van der Waals surface area contributed by atoms with Crippen LogP contribution >= 0.6 is 11.3 Å². The average Bonchev–Trinajstić information content (AvgIpc) is 2.20. The Morgan fingerprint density at radius 2 is 2.40 bits per heavy atom. The number of nitrogens with zero attached hydrogens (tertiary/aromatic N) is 1. The van der Waals surface area contributed by atoms with Crippen LogP contribution < -0.4 is 4.57 Å². The van der Waals surface area contributed by atoms with Gasteiger partial charge < -0.3 is 5.11 Å². The van der Waals surface area contributed by atoms with Crippen LogP contribution in [0.25, 0.3) is 0 Å². The zero-order valence-electron chi connectivity index (χ0n) is 6.29. The summed E-state index contributed by atoms with van der Waals surface area (Å²) < 4.78 is 2.11. The molecule has 0 fully saturated rings. The largest absolute Gasteiger partial charge is 0.396 e. The normalized spacial score (nSPS) is 10.3. The SMILES string of the molecule is Cc1csc(CCO)[n+]1C. The molecule has 0 saturated heterocycles. The molecule has 1 aromatic heterocycles. The summed E-state index contributed by atoms with van der Waals surface area (Å²) >= 11 is 1.70. The van der Waals surface area contributed by atoms with Gasteiger partial charge in [-0.25, -0.2) is 0 Å². The Morgan fingerprint density at radius 3 is 2.80 bits per heavy atom. The van der Waals surface area contributed by atoms with E-state index in [1.807, 2.05) is 7.05 Å². The molecule has 3 heteroatoms. The first-order chi connectivity index (χ1) is 4.75. The van der Waals surface area contributed by atoms with Crippen LogP contribution in [0.15, 0.2) is 5.38 Å². The van der Waals surface area contributed by atoms with Crippen LogP contribution in [0.3, 0.4) is 0 Å². The fourth-order valence-electron chi connectivity index (χ4n) is 0.830. The molecule has 1 aromatic rings. The van der Waals surface area contributed by atoms with Crippen molar-refractivity contribution < 1.29 is 9.67 Å². The molecule has 0 aromatic carbocycles. The molecule has 0 aliphatic carbocycles. The van der Waals surface area contributed by atoms with Crippen molar-refractivity contribution in [3.05, 3.63) is 16.1 Å². The Hall–Kier alpha value is -0.410. The third-order valence-electron chi connectivity index (χ3n) is 1.59. The lowest BCUT2D eigenvalue weighted by atomic mass is 10.4. The molecule has 56 valence electrons. The Bertz CT molecular complexity index is 219. The van der Waals surface area contributed by atoms with E-state index in [0.29, 0.717) is 0 Å². The van der Waals surface area contributed by atoms with E-state index in [1.165, 1.54) is 10.7 Å². The molecule has 0 aliphatic rings. The summed E-state index contributed by atoms with van der Waals surface area (Å²) in [5, 5.41) is 12.0. The maximum atomic E-state index is 8.65. The zero-order chi connectivity index (χ0) is 7.56. The van der Waals surface area contributed by atoms with Crippen molar-refractivity contribution in [1.82, 2.24) is 0 Å². The van der Waals surface area contributed by atoms with Gasteiger partial charge in [-0.2, -0.15) is 4.57 Å². The molecule has 10 heavy (non-hydrogen) atoms. The van der Waals surface area contributed by atoms with Gasteiger partial charge in [0.05, 0.1) is 18.4 Å². The smallest absolute Gasteiger partial charge is 0.239 e. The highest BCUT2D eigenvalue weighted by Crippen LogP contribution is 2.05. The summed E-state index contributed by atoms with van der Waals surface area (Å²) in [5.74, 6) is 0. The topological polar surface area (TPSA) is 24.1 Å². The Kier molecular flexibility index (Phi) is 2.40. The lowest BCUT2D eigenvalue weighted by Gasteiger charge is -1.88. The van der Waals surface area contributed by atoms with Crippen molar-refractivity contribution >= 4 is 11.3 Å². The Morgan fingerprint density at radius 1 is 1.70 bits per heavy atom. The van der Waals surface area contributed by atoms with Crippen molar-refractivity contribution in [3.63, 3.8) is 0 Å². The molecule has 1 N–H and O–H groups in total. The van der Waals surface area contributed by atoms with Gasteiger partial charge in [0.25, 0.3) is 0 Å². The van der Waals surface area contributed by atoms with Crippen LogP contribution in [0.5, 0.6) is 0 Å². The average molecular weight is 158 g/mol. The summed E-state index contributed by atoms with van der Waals surface area (Å²) in [6.45, 7) is 2.31. The number of aryl methyl sites for hydroxylation is 1. The van der Waals surface area contributed by atoms with Gasteiger partial charge in [0.15, 0.2) is 5.69 Å². The molecular weight excluding hydrogens is 146 g/mol. The number of thiazole rings is 1. The molecule has 0 aliphatic heterocycles. The molecule has 0 spiro atoms. The quantitative estimate of drug-likeness (QED) is 0.620. The van der Waals surface area contributed by atoms with Crippen LogP contribution in [-0.4, -0.2) is 11.7 Å². The van der Waals surface area contributed by atoms with Gasteiger partial charge in [0, 0.05) is 6.92 Å². The van der Waals surface area contributed by atoms with E-state index in [0.717, 1.165) is 6.42 Å². The van der Waals surface area contributed by atoms with Crippen LogP contribution in [0, 0.1) is 6.92 Å². The van der Waals surface area contributed by atoms with Gasteiger partial charge in [0.1, 0.15) is 7.05 Å². The second-order valence-electron chi connectivity index (χ2n) is 2.30. The maximum Gasteiger partial charge on any atom is 0.239 e. The molecule has 0 bridgehead atoms. The molecular formula is C7H12NOS+. The van der Waals surface area contributed by atoms with Gasteiger partial charge in [-0.15, -0.1) is 0 Å². The highest BCUT2D eigenvalue weighted by molar-refractivity contribution is 7.09. The highest BCUT2D eigenvalue weighted by atomic mass is 32.1. The lowest BCUT2D eigenvalue weighted by molar-refractivity contribution is -0.679. The first-order valence-electron chi connectivity index (χ1n) is 3.29. The fourth-order valence-corrected chi connectivity index (χ4v) is 1.81. The number of aromatic nitrogens is 1. The standard InChI is InChI=1S/C7H12NOS/c1-6-5-10-7(3-4-9)8(6)2/h5,9H,3-4H2,1-2H3/q+1. The summed E-state index contributed by atoms with van der Waals surface area (Å²) in [4.78, 5) is 0. The van der Waals surface area contributed by atoms with Crippen molar-refractivity contribution in [3.8, 4) is 0 Å². The van der Waals surface area contributed by atoms with E-state index < -0.39 is 0 Å². The molecule has 0 unspecified atom stereocenters. The number of rotatable bonds is 2. The summed E-state index contributed by atoms with van der Waals surface area (Å²) in [6.07, 6.45) is 0.773. The van der Waals surface area contributed by atoms with Crippen molar-refractivity contribution in [2.75, 3.05) is 6.61 Å². The van der Waals surface area contributed by atoms with Gasteiger partial charge in [0.2, 0.25) is 5.01 Å². The van der Waals surface area contributed by atoms with E-state index in [1.54, 1.807) is 11.3 Å². The van der Waals surface area contributed by atoms with Gasteiger partial charge in [-0.05, 0) is 0 Å². The van der Waals surface area contributed by atoms with Crippen molar-refractivity contribution in [1.29, 1.82) is 0 Å².